The molecule has 0 aliphatic carbocycles. The molecule has 0 bridgehead atoms. The Kier molecular flexibility index (Phi) is 4.77. The number of carbonyl (C=O) groups excluding carboxylic acids is 1. The lowest BCUT2D eigenvalue weighted by Gasteiger charge is -2.10. The molecule has 0 aliphatic heterocycles. The molecule has 0 saturated heterocycles. The van der Waals surface area contributed by atoms with E-state index in [4.69, 9.17) is 4.74 Å². The first-order valence-electron chi connectivity index (χ1n) is 6.78. The molecule has 2 aromatic carbocycles. The number of phenolic OH excluding ortho intramolecular Hbond substituents is 1. The highest BCUT2D eigenvalue weighted by Crippen LogP contribution is 2.28. The minimum Gasteiger partial charge on any atom is -0.508 e. The van der Waals surface area contributed by atoms with E-state index >= 15 is 0 Å². The van der Waals surface area contributed by atoms with Gasteiger partial charge < -0.3 is 9.84 Å². The fourth-order valence-electron chi connectivity index (χ4n) is 1.95. The van der Waals surface area contributed by atoms with Gasteiger partial charge in [-0.25, -0.2) is 4.79 Å². The second-order valence-corrected chi connectivity index (χ2v) is 4.59. The van der Waals surface area contributed by atoms with Crippen molar-refractivity contribution in [1.29, 1.82) is 0 Å². The van der Waals surface area contributed by atoms with Gasteiger partial charge in [0, 0.05) is 0 Å². The molecule has 0 radical (unpaired) electrons. The molecule has 104 valence electrons. The summed E-state index contributed by atoms with van der Waals surface area (Å²) in [6.45, 7) is 2.47. The predicted molar refractivity (Wildman–Crippen MR) is 78.7 cm³/mol. The summed E-state index contributed by atoms with van der Waals surface area (Å²) in [5.74, 6) is -0.216. The molecule has 3 nitrogen and oxygen atoms in total. The van der Waals surface area contributed by atoms with Crippen LogP contribution in [0.2, 0.25) is 0 Å². The van der Waals surface area contributed by atoms with Crippen molar-refractivity contribution in [2.75, 3.05) is 6.61 Å². The number of esters is 1. The van der Waals surface area contributed by atoms with E-state index in [-0.39, 0.29) is 11.7 Å². The maximum Gasteiger partial charge on any atom is 0.338 e. The van der Waals surface area contributed by atoms with Gasteiger partial charge in [-0.05, 0) is 35.7 Å². The number of carbonyl (C=O) groups is 1. The summed E-state index contributed by atoms with van der Waals surface area (Å²) in [4.78, 5) is 12.1. The van der Waals surface area contributed by atoms with Crippen LogP contribution in [-0.2, 0) is 4.74 Å². The summed E-state index contributed by atoms with van der Waals surface area (Å²) in [7, 11) is 0. The number of unbranched alkanes of at least 4 members (excludes halogenated alkanes) is 1. The van der Waals surface area contributed by atoms with Crippen molar-refractivity contribution in [2.45, 2.75) is 19.8 Å². The lowest BCUT2D eigenvalue weighted by atomic mass is 9.99. The molecule has 1 N–H and O–H groups in total. The maximum atomic E-state index is 12.1. The topological polar surface area (TPSA) is 46.5 Å². The Hall–Kier alpha value is -2.29. The number of hydrogen-bond acceptors (Lipinski definition) is 3. The predicted octanol–water partition coefficient (Wildman–Crippen LogP) is 4.02. The average molecular weight is 270 g/mol. The molecule has 2 aromatic rings. The van der Waals surface area contributed by atoms with Crippen LogP contribution < -0.4 is 0 Å². The first-order valence-corrected chi connectivity index (χ1v) is 6.78. The summed E-state index contributed by atoms with van der Waals surface area (Å²) in [6.07, 6.45) is 1.83. The van der Waals surface area contributed by atoms with Crippen molar-refractivity contribution in [2.24, 2.45) is 0 Å². The Morgan fingerprint density at radius 2 is 1.90 bits per heavy atom. The second-order valence-electron chi connectivity index (χ2n) is 4.59. The number of benzene rings is 2. The molecule has 0 aromatic heterocycles. The van der Waals surface area contributed by atoms with Gasteiger partial charge in [-0.1, -0.05) is 43.7 Å². The van der Waals surface area contributed by atoms with Crippen LogP contribution in [0.15, 0.2) is 48.5 Å². The zero-order chi connectivity index (χ0) is 14.4. The van der Waals surface area contributed by atoms with E-state index in [1.54, 1.807) is 12.1 Å². The fraction of sp³-hybridized carbons (Fsp3) is 0.235. The molecule has 0 amide bonds. The molecule has 0 fully saturated rings. The minimum absolute atomic E-state index is 0.133. The van der Waals surface area contributed by atoms with Crippen molar-refractivity contribution in [3.63, 3.8) is 0 Å². The van der Waals surface area contributed by atoms with Crippen LogP contribution >= 0.6 is 0 Å². The molecule has 3 heteroatoms. The summed E-state index contributed by atoms with van der Waals surface area (Å²) < 4.78 is 5.25. The highest BCUT2D eigenvalue weighted by Gasteiger charge is 2.14. The van der Waals surface area contributed by atoms with Gasteiger partial charge >= 0.3 is 5.97 Å². The molecular weight excluding hydrogens is 252 g/mol. The molecule has 0 spiro atoms. The number of phenols is 1. The molecule has 0 heterocycles. The molecule has 0 saturated carbocycles. The average Bonchev–Trinajstić information content (AvgIpc) is 2.48. The zero-order valence-corrected chi connectivity index (χ0v) is 11.5. The third-order valence-electron chi connectivity index (χ3n) is 3.04. The summed E-state index contributed by atoms with van der Waals surface area (Å²) in [5.41, 5.74) is 2.04. The fourth-order valence-corrected chi connectivity index (χ4v) is 1.95. The van der Waals surface area contributed by atoms with Crippen molar-refractivity contribution in [3.05, 3.63) is 54.1 Å². The van der Waals surface area contributed by atoms with Crippen molar-refractivity contribution in [1.82, 2.24) is 0 Å². The van der Waals surface area contributed by atoms with E-state index in [0.717, 1.165) is 18.4 Å². The van der Waals surface area contributed by atoms with E-state index in [2.05, 4.69) is 0 Å². The normalized spacial score (nSPS) is 10.2. The molecule has 0 atom stereocenters. The maximum absolute atomic E-state index is 12.1. The van der Waals surface area contributed by atoms with Crippen LogP contribution in [-0.4, -0.2) is 17.7 Å². The standard InChI is InChI=1S/C17H18O3/c1-2-3-11-20-17(19)15-10-9-14(18)12-16(15)13-7-5-4-6-8-13/h4-10,12,18H,2-3,11H2,1H3. The third kappa shape index (κ3) is 3.38. The van der Waals surface area contributed by atoms with Crippen LogP contribution in [0, 0.1) is 0 Å². The number of rotatable bonds is 5. The van der Waals surface area contributed by atoms with Crippen LogP contribution in [0.1, 0.15) is 30.1 Å². The van der Waals surface area contributed by atoms with Gasteiger partial charge in [-0.15, -0.1) is 0 Å². The lowest BCUT2D eigenvalue weighted by molar-refractivity contribution is 0.0500. The second kappa shape index (κ2) is 6.75. The van der Waals surface area contributed by atoms with E-state index < -0.39 is 0 Å². The third-order valence-corrected chi connectivity index (χ3v) is 3.04. The van der Waals surface area contributed by atoms with Gasteiger partial charge in [0.15, 0.2) is 0 Å². The minimum atomic E-state index is -0.350. The van der Waals surface area contributed by atoms with Crippen LogP contribution in [0.25, 0.3) is 11.1 Å². The smallest absolute Gasteiger partial charge is 0.338 e. The van der Waals surface area contributed by atoms with E-state index in [1.165, 1.54) is 6.07 Å². The Morgan fingerprint density at radius 3 is 2.60 bits per heavy atom. The van der Waals surface area contributed by atoms with Crippen LogP contribution in [0.3, 0.4) is 0 Å². The lowest BCUT2D eigenvalue weighted by Crippen LogP contribution is -2.07. The number of hydrogen-bond donors (Lipinski definition) is 1. The number of ether oxygens (including phenoxy) is 1. The van der Waals surface area contributed by atoms with Crippen LogP contribution in [0.5, 0.6) is 5.75 Å². The van der Waals surface area contributed by atoms with Gasteiger partial charge in [0.2, 0.25) is 0 Å². The summed E-state index contributed by atoms with van der Waals surface area (Å²) >= 11 is 0. The zero-order valence-electron chi connectivity index (χ0n) is 11.5. The SMILES string of the molecule is CCCCOC(=O)c1ccc(O)cc1-c1ccccc1. The molecular formula is C17H18O3. The van der Waals surface area contributed by atoms with E-state index in [1.807, 2.05) is 37.3 Å². The quantitative estimate of drug-likeness (QED) is 0.659. The molecule has 0 unspecified atom stereocenters. The highest BCUT2D eigenvalue weighted by atomic mass is 16.5. The van der Waals surface area contributed by atoms with Crippen molar-refractivity contribution < 1.29 is 14.6 Å². The largest absolute Gasteiger partial charge is 0.508 e. The Bertz CT molecular complexity index is 576. The molecule has 2 rings (SSSR count). The molecule has 0 aliphatic rings. The summed E-state index contributed by atoms with van der Waals surface area (Å²) in [5, 5.41) is 9.64. The van der Waals surface area contributed by atoms with Gasteiger partial charge in [0.25, 0.3) is 0 Å². The van der Waals surface area contributed by atoms with Gasteiger partial charge in [-0.2, -0.15) is 0 Å². The van der Waals surface area contributed by atoms with Crippen LogP contribution in [0.4, 0.5) is 0 Å². The number of aromatic hydroxyl groups is 1. The van der Waals surface area contributed by atoms with Gasteiger partial charge in [0.05, 0.1) is 12.2 Å². The van der Waals surface area contributed by atoms with Gasteiger partial charge in [-0.3, -0.25) is 0 Å². The van der Waals surface area contributed by atoms with E-state index in [0.29, 0.717) is 17.7 Å². The first-order chi connectivity index (χ1) is 9.72. The summed E-state index contributed by atoms with van der Waals surface area (Å²) in [6, 6.07) is 14.2. The Balaban J connectivity index is 2.31. The Morgan fingerprint density at radius 1 is 1.15 bits per heavy atom. The first kappa shape index (κ1) is 14.1. The van der Waals surface area contributed by atoms with E-state index in [9.17, 15) is 9.90 Å². The monoisotopic (exact) mass is 270 g/mol. The van der Waals surface area contributed by atoms with Crippen molar-refractivity contribution >= 4 is 5.97 Å². The van der Waals surface area contributed by atoms with Gasteiger partial charge in [0.1, 0.15) is 5.75 Å². The molecule has 20 heavy (non-hydrogen) atoms. The highest BCUT2D eigenvalue weighted by molar-refractivity contribution is 5.97. The van der Waals surface area contributed by atoms with Crippen molar-refractivity contribution in [3.8, 4) is 16.9 Å². The Labute approximate surface area is 118 Å².